The van der Waals surface area contributed by atoms with Crippen LogP contribution in [0.1, 0.15) is 29.2 Å². The Bertz CT molecular complexity index is 1210. The molecule has 3 aromatic rings. The second-order valence-electron chi connectivity index (χ2n) is 8.88. The second-order valence-corrected chi connectivity index (χ2v) is 11.8. The number of nitrogens with zero attached hydrogens (tertiary/aromatic N) is 2. The number of aliphatic hydroxyl groups is 1. The van der Waals surface area contributed by atoms with E-state index in [0.717, 1.165) is 29.7 Å². The normalized spacial score (nSPS) is 16.9. The highest BCUT2D eigenvalue weighted by Crippen LogP contribution is 2.24. The van der Waals surface area contributed by atoms with Crippen molar-refractivity contribution in [2.45, 2.75) is 35.7 Å². The summed E-state index contributed by atoms with van der Waals surface area (Å²) in [6, 6.07) is 20.6. The monoisotopic (exact) mass is 549 g/mol. The molecule has 2 aromatic carbocycles. The van der Waals surface area contributed by atoms with Crippen LogP contribution in [0.5, 0.6) is 0 Å². The number of hydrogen-bond acceptors (Lipinski definition) is 6. The molecular formula is C26H32ClN3O4S2. The van der Waals surface area contributed by atoms with Crippen LogP contribution in [0, 0.1) is 0 Å². The predicted molar refractivity (Wildman–Crippen MR) is 145 cm³/mol. The van der Waals surface area contributed by atoms with E-state index < -0.39 is 10.0 Å². The Morgan fingerprint density at radius 3 is 2.42 bits per heavy atom. The van der Waals surface area contributed by atoms with E-state index in [-0.39, 0.29) is 43.4 Å². The summed E-state index contributed by atoms with van der Waals surface area (Å²) >= 11 is 1.18. The van der Waals surface area contributed by atoms with Gasteiger partial charge in [0.25, 0.3) is 0 Å². The number of likely N-dealkylation sites (tertiary alicyclic amines) is 1. The summed E-state index contributed by atoms with van der Waals surface area (Å²) in [6.07, 6.45) is 0.708. The van der Waals surface area contributed by atoms with Gasteiger partial charge in [-0.05, 0) is 34.6 Å². The van der Waals surface area contributed by atoms with Crippen LogP contribution in [-0.4, -0.2) is 62.0 Å². The molecule has 0 saturated carbocycles. The third kappa shape index (κ3) is 7.38. The average molecular weight is 550 g/mol. The Morgan fingerprint density at radius 1 is 1.11 bits per heavy atom. The van der Waals surface area contributed by atoms with Crippen molar-refractivity contribution in [3.63, 3.8) is 0 Å². The van der Waals surface area contributed by atoms with Crippen molar-refractivity contribution < 1.29 is 18.3 Å². The molecule has 10 heteroatoms. The molecule has 1 aromatic heterocycles. The lowest BCUT2D eigenvalue weighted by atomic mass is 10.0. The number of sulfonamides is 1. The number of carbonyl (C=O) groups excluding carboxylic acids is 1. The summed E-state index contributed by atoms with van der Waals surface area (Å²) in [5, 5.41) is 11.6. The molecule has 0 aliphatic carbocycles. The Kier molecular flexibility index (Phi) is 10.1. The lowest BCUT2D eigenvalue weighted by molar-refractivity contribution is -0.131. The van der Waals surface area contributed by atoms with Crippen LogP contribution in [0.3, 0.4) is 0 Å². The molecule has 2 heterocycles. The smallest absolute Gasteiger partial charge is 0.250 e. The number of nitrogens with one attached hydrogen (secondary N) is 1. The number of hydrogen-bond donors (Lipinski definition) is 2. The number of thiophene rings is 1. The maximum Gasteiger partial charge on any atom is 0.250 e. The molecule has 0 unspecified atom stereocenters. The Hall–Kier alpha value is -2.27. The van der Waals surface area contributed by atoms with Crippen molar-refractivity contribution in [3.05, 3.63) is 88.8 Å². The zero-order chi connectivity index (χ0) is 24.8. The molecule has 36 heavy (non-hydrogen) atoms. The highest BCUT2D eigenvalue weighted by molar-refractivity contribution is 7.91. The molecule has 4 rings (SSSR count). The van der Waals surface area contributed by atoms with Gasteiger partial charge in [-0.2, -0.15) is 0 Å². The van der Waals surface area contributed by atoms with Crippen LogP contribution < -0.4 is 4.72 Å². The summed E-state index contributed by atoms with van der Waals surface area (Å²) in [5.74, 6) is 0.00440. The fraction of sp³-hybridized carbons (Fsp3) is 0.346. The Morgan fingerprint density at radius 2 is 1.81 bits per heavy atom. The van der Waals surface area contributed by atoms with Crippen molar-refractivity contribution in [1.29, 1.82) is 0 Å². The standard InChI is InChI=1S/C26H31N3O4S2.ClH/c1-28(24(22-6-3-2-4-7-22)19-29-14-13-23(30)18-29)25(31)16-20-9-11-21(12-10-20)17-27-35(32,33)26-8-5-15-34-26;/h2-12,15,23-24,27,30H,13-14,16-19H2,1H3;1H/t23-,24+;/m0./s1. The minimum absolute atomic E-state index is 0. The van der Waals surface area contributed by atoms with Gasteiger partial charge >= 0.3 is 0 Å². The largest absolute Gasteiger partial charge is 0.392 e. The molecule has 1 aliphatic rings. The summed E-state index contributed by atoms with van der Waals surface area (Å²) in [4.78, 5) is 17.2. The van der Waals surface area contributed by atoms with E-state index in [1.54, 1.807) is 22.4 Å². The Balaban J connectivity index is 0.00000361. The number of halogens is 1. The first-order valence-corrected chi connectivity index (χ1v) is 14.0. The second kappa shape index (κ2) is 12.8. The first kappa shape index (κ1) is 28.3. The summed E-state index contributed by atoms with van der Waals surface area (Å²) < 4.78 is 27.5. The van der Waals surface area contributed by atoms with Crippen molar-refractivity contribution >= 4 is 39.7 Å². The minimum Gasteiger partial charge on any atom is -0.392 e. The van der Waals surface area contributed by atoms with Gasteiger partial charge in [-0.3, -0.25) is 9.69 Å². The van der Waals surface area contributed by atoms with Crippen LogP contribution in [0.25, 0.3) is 0 Å². The lowest BCUT2D eigenvalue weighted by Crippen LogP contribution is -2.39. The highest BCUT2D eigenvalue weighted by Gasteiger charge is 2.28. The van der Waals surface area contributed by atoms with E-state index in [0.29, 0.717) is 17.3 Å². The lowest BCUT2D eigenvalue weighted by Gasteiger charge is -2.32. The topological polar surface area (TPSA) is 90.0 Å². The van der Waals surface area contributed by atoms with Gasteiger partial charge in [0.2, 0.25) is 15.9 Å². The van der Waals surface area contributed by atoms with Crippen LogP contribution in [-0.2, 0) is 27.8 Å². The fourth-order valence-corrected chi connectivity index (χ4v) is 6.32. The molecule has 1 aliphatic heterocycles. The third-order valence-corrected chi connectivity index (χ3v) is 9.13. The molecular weight excluding hydrogens is 518 g/mol. The molecule has 0 bridgehead atoms. The van der Waals surface area contributed by atoms with Crippen molar-refractivity contribution in [2.75, 3.05) is 26.7 Å². The first-order valence-electron chi connectivity index (χ1n) is 11.6. The number of carbonyl (C=O) groups is 1. The van der Waals surface area contributed by atoms with Gasteiger partial charge in [0.05, 0.1) is 18.6 Å². The van der Waals surface area contributed by atoms with Crippen LogP contribution in [0.2, 0.25) is 0 Å². The fourth-order valence-electron chi connectivity index (χ4n) is 4.26. The first-order chi connectivity index (χ1) is 16.8. The molecule has 0 radical (unpaired) electrons. The molecule has 194 valence electrons. The SMILES string of the molecule is CN(C(=O)Cc1ccc(CNS(=O)(=O)c2cccs2)cc1)[C@H](CN1CC[C@H](O)C1)c1ccccc1.Cl. The van der Waals surface area contributed by atoms with Gasteiger partial charge in [-0.1, -0.05) is 60.7 Å². The van der Waals surface area contributed by atoms with E-state index in [1.807, 2.05) is 61.6 Å². The highest BCUT2D eigenvalue weighted by atomic mass is 35.5. The van der Waals surface area contributed by atoms with E-state index >= 15 is 0 Å². The van der Waals surface area contributed by atoms with E-state index in [1.165, 1.54) is 11.3 Å². The number of rotatable bonds is 10. The summed E-state index contributed by atoms with van der Waals surface area (Å²) in [5.41, 5.74) is 2.76. The van der Waals surface area contributed by atoms with E-state index in [9.17, 15) is 18.3 Å². The molecule has 1 saturated heterocycles. The Labute approximate surface area is 223 Å². The number of β-amino-alcohol motifs (C(OH)–C–C–N with tert-alkyl or cyclic N) is 1. The average Bonchev–Trinajstić information content (AvgIpc) is 3.55. The quantitative estimate of drug-likeness (QED) is 0.404. The number of benzene rings is 2. The van der Waals surface area contributed by atoms with Gasteiger partial charge in [0, 0.05) is 33.2 Å². The van der Waals surface area contributed by atoms with Crippen LogP contribution >= 0.6 is 23.7 Å². The predicted octanol–water partition coefficient (Wildman–Crippen LogP) is 3.46. The van der Waals surface area contributed by atoms with Gasteiger partial charge in [-0.15, -0.1) is 23.7 Å². The summed E-state index contributed by atoms with van der Waals surface area (Å²) in [6.45, 7) is 2.31. The summed E-state index contributed by atoms with van der Waals surface area (Å²) in [7, 11) is -1.68. The van der Waals surface area contributed by atoms with E-state index in [4.69, 9.17) is 0 Å². The van der Waals surface area contributed by atoms with Crippen LogP contribution in [0.15, 0.2) is 76.3 Å². The number of aliphatic hydroxyl groups excluding tert-OH is 1. The number of likely N-dealkylation sites (N-methyl/N-ethyl adjacent to an activating group) is 1. The third-order valence-electron chi connectivity index (χ3n) is 6.33. The molecule has 0 spiro atoms. The van der Waals surface area contributed by atoms with Gasteiger partial charge in [-0.25, -0.2) is 13.1 Å². The molecule has 2 atom stereocenters. The van der Waals surface area contributed by atoms with Crippen molar-refractivity contribution in [1.82, 2.24) is 14.5 Å². The van der Waals surface area contributed by atoms with E-state index in [2.05, 4.69) is 9.62 Å². The van der Waals surface area contributed by atoms with Gasteiger partial charge in [0.1, 0.15) is 4.21 Å². The maximum atomic E-state index is 13.2. The van der Waals surface area contributed by atoms with Gasteiger partial charge < -0.3 is 10.0 Å². The maximum absolute atomic E-state index is 13.2. The molecule has 2 N–H and O–H groups in total. The molecule has 1 fully saturated rings. The molecule has 1 amide bonds. The minimum atomic E-state index is -3.52. The van der Waals surface area contributed by atoms with Crippen LogP contribution in [0.4, 0.5) is 0 Å². The zero-order valence-electron chi connectivity index (χ0n) is 20.1. The van der Waals surface area contributed by atoms with Crippen molar-refractivity contribution in [3.8, 4) is 0 Å². The van der Waals surface area contributed by atoms with Gasteiger partial charge in [0.15, 0.2) is 0 Å². The zero-order valence-corrected chi connectivity index (χ0v) is 22.6. The van der Waals surface area contributed by atoms with Crippen molar-refractivity contribution in [2.24, 2.45) is 0 Å². The number of amides is 1. The molecule has 7 nitrogen and oxygen atoms in total.